The Labute approximate surface area is 217 Å². The van der Waals surface area contributed by atoms with Crippen LogP contribution in [0.5, 0.6) is 0 Å². The fourth-order valence-electron chi connectivity index (χ4n) is 5.46. The van der Waals surface area contributed by atoms with Gasteiger partial charge in [0.25, 0.3) is 5.91 Å². The number of benzene rings is 1. The minimum atomic E-state index is -0.278. The minimum Gasteiger partial charge on any atom is -0.381 e. The monoisotopic (exact) mass is 506 g/mol. The first kappa shape index (κ1) is 25.0. The highest BCUT2D eigenvalue weighted by atomic mass is 16.5. The van der Waals surface area contributed by atoms with E-state index in [0.717, 1.165) is 29.9 Å². The van der Waals surface area contributed by atoms with Crippen molar-refractivity contribution >= 4 is 40.6 Å². The number of anilines is 4. The molecule has 1 aromatic carbocycles. The molecule has 2 fully saturated rings. The van der Waals surface area contributed by atoms with Gasteiger partial charge in [-0.15, -0.1) is 0 Å². The number of hydrogen-bond acceptors (Lipinski definition) is 7. The highest BCUT2D eigenvalue weighted by Crippen LogP contribution is 2.39. The van der Waals surface area contributed by atoms with E-state index in [9.17, 15) is 14.4 Å². The molecule has 4 heterocycles. The van der Waals surface area contributed by atoms with Crippen molar-refractivity contribution < 1.29 is 19.1 Å². The maximum Gasteiger partial charge on any atom is 0.254 e. The van der Waals surface area contributed by atoms with E-state index < -0.39 is 0 Å². The number of fused-ring (bicyclic) bond motifs is 1. The van der Waals surface area contributed by atoms with Crippen LogP contribution in [-0.4, -0.2) is 91.0 Å². The summed E-state index contributed by atoms with van der Waals surface area (Å²) in [5.74, 6) is 0.684. The van der Waals surface area contributed by atoms with E-state index in [1.807, 2.05) is 31.2 Å². The van der Waals surface area contributed by atoms with Crippen LogP contribution in [0.4, 0.5) is 22.9 Å². The molecule has 0 bridgehead atoms. The summed E-state index contributed by atoms with van der Waals surface area (Å²) in [4.78, 5) is 49.7. The Bertz CT molecular complexity index is 1190. The number of ether oxygens (including phenoxy) is 1. The normalized spacial score (nSPS) is 20.6. The lowest BCUT2D eigenvalue weighted by molar-refractivity contribution is -0.130. The fourth-order valence-corrected chi connectivity index (χ4v) is 5.46. The number of carbonyl (C=O) groups excluding carboxylic acids is 3. The molecule has 1 unspecified atom stereocenters. The van der Waals surface area contributed by atoms with Gasteiger partial charge in [0.15, 0.2) is 0 Å². The van der Waals surface area contributed by atoms with E-state index in [-0.39, 0.29) is 29.8 Å². The summed E-state index contributed by atoms with van der Waals surface area (Å²) < 4.78 is 5.56. The lowest BCUT2D eigenvalue weighted by atomic mass is 10.00. The van der Waals surface area contributed by atoms with Gasteiger partial charge in [-0.1, -0.05) is 6.07 Å². The maximum absolute atomic E-state index is 13.1. The number of likely N-dealkylation sites (N-methyl/N-ethyl adjacent to an activating group) is 1. The van der Waals surface area contributed by atoms with Gasteiger partial charge in [0, 0.05) is 76.7 Å². The zero-order chi connectivity index (χ0) is 26.1. The van der Waals surface area contributed by atoms with Gasteiger partial charge in [-0.25, -0.2) is 4.98 Å². The zero-order valence-corrected chi connectivity index (χ0v) is 21.6. The fraction of sp³-hybridized carbons (Fsp3) is 0.481. The summed E-state index contributed by atoms with van der Waals surface area (Å²) in [6.07, 6.45) is 3.48. The number of nitrogens with zero attached hydrogens (tertiary/aromatic N) is 5. The SMILES string of the molecule is CC(=O)N1CCN(C(=O)c2cccc(Nc3cc4c(cn3)N(C)C(=O)C(C)N4C3CCOCC3)c2)CC1. The topological polar surface area (TPSA) is 98.3 Å². The van der Waals surface area contributed by atoms with Crippen LogP contribution in [-0.2, 0) is 14.3 Å². The van der Waals surface area contributed by atoms with E-state index in [4.69, 9.17) is 4.74 Å². The van der Waals surface area contributed by atoms with Crippen LogP contribution in [0.2, 0.25) is 0 Å². The van der Waals surface area contributed by atoms with Gasteiger partial charge in [-0.2, -0.15) is 0 Å². The molecule has 37 heavy (non-hydrogen) atoms. The summed E-state index contributed by atoms with van der Waals surface area (Å²) in [6.45, 7) is 7.04. The molecule has 1 aromatic heterocycles. The molecule has 3 amide bonds. The van der Waals surface area contributed by atoms with Gasteiger partial charge in [0.2, 0.25) is 11.8 Å². The molecular formula is C27H34N6O4. The first-order valence-corrected chi connectivity index (χ1v) is 12.9. The van der Waals surface area contributed by atoms with E-state index in [0.29, 0.717) is 50.8 Å². The van der Waals surface area contributed by atoms with Crippen LogP contribution in [0, 0.1) is 0 Å². The van der Waals surface area contributed by atoms with Gasteiger partial charge in [0.05, 0.1) is 17.6 Å². The Morgan fingerprint density at radius 1 is 1.03 bits per heavy atom. The van der Waals surface area contributed by atoms with E-state index in [1.54, 1.807) is 40.9 Å². The second kappa shape index (κ2) is 10.4. The Hall–Kier alpha value is -3.66. The Kier molecular flexibility index (Phi) is 7.01. The molecule has 196 valence electrons. The molecule has 0 saturated carbocycles. The standard InChI is InChI=1S/C27H34N6O4/c1-18-26(35)30(3)24-17-28-25(16-23(24)33(18)22-7-13-37-14-8-22)29-21-6-4-5-20(15-21)27(36)32-11-9-31(10-12-32)19(2)34/h4-6,15-18,22H,7-14H2,1-3H3,(H,28,29). The smallest absolute Gasteiger partial charge is 0.254 e. The Balaban J connectivity index is 1.36. The number of hydrogen-bond donors (Lipinski definition) is 1. The van der Waals surface area contributed by atoms with Crippen molar-refractivity contribution in [1.82, 2.24) is 14.8 Å². The molecular weight excluding hydrogens is 472 g/mol. The largest absolute Gasteiger partial charge is 0.381 e. The number of pyridine rings is 1. The van der Waals surface area contributed by atoms with Crippen LogP contribution in [0.3, 0.4) is 0 Å². The molecule has 0 aliphatic carbocycles. The van der Waals surface area contributed by atoms with Crippen molar-refractivity contribution in [3.8, 4) is 0 Å². The highest BCUT2D eigenvalue weighted by Gasteiger charge is 2.38. The predicted octanol–water partition coefficient (Wildman–Crippen LogP) is 2.48. The molecule has 5 rings (SSSR count). The number of aromatic nitrogens is 1. The van der Waals surface area contributed by atoms with Crippen molar-refractivity contribution in [2.24, 2.45) is 0 Å². The number of rotatable bonds is 4. The molecule has 2 aromatic rings. The number of amides is 3. The zero-order valence-electron chi connectivity index (χ0n) is 21.6. The molecule has 0 spiro atoms. The molecule has 10 nitrogen and oxygen atoms in total. The van der Waals surface area contributed by atoms with Crippen LogP contribution < -0.4 is 15.1 Å². The van der Waals surface area contributed by atoms with Crippen molar-refractivity contribution in [3.05, 3.63) is 42.1 Å². The summed E-state index contributed by atoms with van der Waals surface area (Å²) in [6, 6.07) is 9.32. The molecule has 10 heteroatoms. The third-order valence-corrected chi connectivity index (χ3v) is 7.58. The molecule has 3 aliphatic rings. The molecule has 3 aliphatic heterocycles. The van der Waals surface area contributed by atoms with Gasteiger partial charge < -0.3 is 29.7 Å². The molecule has 1 atom stereocenters. The van der Waals surface area contributed by atoms with E-state index in [2.05, 4.69) is 15.2 Å². The van der Waals surface area contributed by atoms with Gasteiger partial charge in [-0.05, 0) is 38.0 Å². The van der Waals surface area contributed by atoms with Crippen molar-refractivity contribution in [1.29, 1.82) is 0 Å². The average Bonchev–Trinajstić information content (AvgIpc) is 2.92. The van der Waals surface area contributed by atoms with Crippen LogP contribution >= 0.6 is 0 Å². The van der Waals surface area contributed by atoms with Gasteiger partial charge in [0.1, 0.15) is 11.9 Å². The minimum absolute atomic E-state index is 0.0381. The molecule has 1 N–H and O–H groups in total. The Morgan fingerprint density at radius 3 is 2.43 bits per heavy atom. The highest BCUT2D eigenvalue weighted by molar-refractivity contribution is 6.05. The lowest BCUT2D eigenvalue weighted by Crippen LogP contribution is -2.55. The number of carbonyl (C=O) groups is 3. The second-order valence-electron chi connectivity index (χ2n) is 9.89. The maximum atomic E-state index is 13.1. The summed E-state index contributed by atoms with van der Waals surface area (Å²) in [5, 5.41) is 3.35. The van der Waals surface area contributed by atoms with E-state index in [1.165, 1.54) is 0 Å². The Morgan fingerprint density at radius 2 is 1.73 bits per heavy atom. The third kappa shape index (κ3) is 4.98. The van der Waals surface area contributed by atoms with Crippen molar-refractivity contribution in [2.45, 2.75) is 38.8 Å². The second-order valence-corrected chi connectivity index (χ2v) is 9.89. The van der Waals surface area contributed by atoms with Gasteiger partial charge >= 0.3 is 0 Å². The summed E-state index contributed by atoms with van der Waals surface area (Å²) >= 11 is 0. The summed E-state index contributed by atoms with van der Waals surface area (Å²) in [5.41, 5.74) is 3.09. The molecule has 2 saturated heterocycles. The first-order valence-electron chi connectivity index (χ1n) is 12.9. The summed E-state index contributed by atoms with van der Waals surface area (Å²) in [7, 11) is 1.79. The third-order valence-electron chi connectivity index (χ3n) is 7.58. The van der Waals surface area contributed by atoms with Crippen LogP contribution in [0.25, 0.3) is 0 Å². The van der Waals surface area contributed by atoms with Crippen LogP contribution in [0.15, 0.2) is 36.5 Å². The quantitative estimate of drug-likeness (QED) is 0.680. The lowest BCUT2D eigenvalue weighted by Gasteiger charge is -2.45. The van der Waals surface area contributed by atoms with E-state index >= 15 is 0 Å². The van der Waals surface area contributed by atoms with Crippen molar-refractivity contribution in [2.75, 3.05) is 61.6 Å². The van der Waals surface area contributed by atoms with Crippen molar-refractivity contribution in [3.63, 3.8) is 0 Å². The number of piperazine rings is 1. The number of nitrogens with one attached hydrogen (secondary N) is 1. The molecule has 0 radical (unpaired) electrons. The first-order chi connectivity index (χ1) is 17.8. The van der Waals surface area contributed by atoms with Gasteiger partial charge in [-0.3, -0.25) is 14.4 Å². The average molecular weight is 507 g/mol. The predicted molar refractivity (Wildman–Crippen MR) is 141 cm³/mol. The van der Waals surface area contributed by atoms with Crippen LogP contribution in [0.1, 0.15) is 37.0 Å².